The lowest BCUT2D eigenvalue weighted by molar-refractivity contribution is 0.0957. The summed E-state index contributed by atoms with van der Waals surface area (Å²) in [6.45, 7) is 1.57. The molecule has 0 aliphatic carbocycles. The van der Waals surface area contributed by atoms with Crippen LogP contribution in [-0.4, -0.2) is 14.3 Å². The second-order valence-corrected chi connectivity index (χ2v) is 7.22. The van der Waals surface area contributed by atoms with Crippen molar-refractivity contribution in [2.45, 2.75) is 16.7 Å². The number of sulfone groups is 1. The van der Waals surface area contributed by atoms with Crippen LogP contribution in [0.15, 0.2) is 39.4 Å². The third-order valence-electron chi connectivity index (χ3n) is 2.74. The molecule has 8 heteroatoms. The van der Waals surface area contributed by atoms with Crippen molar-refractivity contribution in [2.75, 3.05) is 0 Å². The summed E-state index contributed by atoms with van der Waals surface area (Å²) < 4.78 is 25.0. The van der Waals surface area contributed by atoms with Gasteiger partial charge in [-0.3, -0.25) is 10.2 Å². The molecule has 1 amide bonds. The van der Waals surface area contributed by atoms with E-state index in [2.05, 4.69) is 0 Å². The number of hydrogen-bond donors (Lipinski definition) is 2. The molecular formula is C12H11ClN2O3S2. The Labute approximate surface area is 125 Å². The Kier molecular flexibility index (Phi) is 4.14. The van der Waals surface area contributed by atoms with Crippen LogP contribution in [0.5, 0.6) is 0 Å². The minimum absolute atomic E-state index is 0.100. The first-order chi connectivity index (χ1) is 9.37. The van der Waals surface area contributed by atoms with Crippen molar-refractivity contribution < 1.29 is 13.2 Å². The summed E-state index contributed by atoms with van der Waals surface area (Å²) in [5.74, 6) is 4.55. The molecule has 5 nitrogen and oxygen atoms in total. The number of nitrogens with one attached hydrogen (secondary N) is 1. The van der Waals surface area contributed by atoms with Gasteiger partial charge in [-0.2, -0.15) is 0 Å². The van der Waals surface area contributed by atoms with Gasteiger partial charge in [-0.15, -0.1) is 11.3 Å². The Morgan fingerprint density at radius 2 is 1.90 bits per heavy atom. The molecule has 0 saturated carbocycles. The number of thiophene rings is 1. The minimum Gasteiger partial charge on any atom is -0.289 e. The molecule has 2 aromatic rings. The highest BCUT2D eigenvalue weighted by Gasteiger charge is 2.25. The van der Waals surface area contributed by atoms with Crippen molar-refractivity contribution in [3.63, 3.8) is 0 Å². The Hall–Kier alpha value is -1.41. The van der Waals surface area contributed by atoms with Gasteiger partial charge in [0.1, 0.15) is 0 Å². The summed E-state index contributed by atoms with van der Waals surface area (Å²) in [4.78, 5) is 12.0. The van der Waals surface area contributed by atoms with E-state index in [-0.39, 0.29) is 14.7 Å². The topological polar surface area (TPSA) is 89.3 Å². The molecule has 0 aliphatic heterocycles. The first-order valence-corrected chi connectivity index (χ1v) is 8.21. The lowest BCUT2D eigenvalue weighted by Crippen LogP contribution is -2.29. The third kappa shape index (κ3) is 2.57. The lowest BCUT2D eigenvalue weighted by Gasteiger charge is -2.05. The Bertz CT molecular complexity index is 752. The van der Waals surface area contributed by atoms with E-state index in [4.69, 9.17) is 17.4 Å². The van der Waals surface area contributed by atoms with E-state index in [0.717, 1.165) is 11.3 Å². The third-order valence-corrected chi connectivity index (χ3v) is 6.12. The highest BCUT2D eigenvalue weighted by molar-refractivity contribution is 7.91. The van der Waals surface area contributed by atoms with Crippen LogP contribution in [-0.2, 0) is 9.84 Å². The van der Waals surface area contributed by atoms with E-state index in [1.54, 1.807) is 6.92 Å². The van der Waals surface area contributed by atoms with Crippen LogP contribution in [0.2, 0.25) is 5.02 Å². The maximum atomic E-state index is 12.5. The molecule has 106 valence electrons. The van der Waals surface area contributed by atoms with Gasteiger partial charge in [-0.05, 0) is 36.8 Å². The number of carbonyl (C=O) groups is 1. The zero-order chi connectivity index (χ0) is 14.9. The molecule has 0 radical (unpaired) electrons. The van der Waals surface area contributed by atoms with E-state index < -0.39 is 15.7 Å². The molecule has 0 fully saturated rings. The molecule has 0 spiro atoms. The number of benzene rings is 1. The molecule has 0 aliphatic rings. The number of rotatable bonds is 3. The first-order valence-electron chi connectivity index (χ1n) is 5.47. The molecule has 1 heterocycles. The number of hydrogen-bond acceptors (Lipinski definition) is 5. The molecule has 20 heavy (non-hydrogen) atoms. The van der Waals surface area contributed by atoms with E-state index in [1.165, 1.54) is 29.6 Å². The molecule has 0 atom stereocenters. The number of hydrazine groups is 1. The van der Waals surface area contributed by atoms with Crippen LogP contribution in [0.25, 0.3) is 0 Å². The van der Waals surface area contributed by atoms with Crippen molar-refractivity contribution in [3.8, 4) is 0 Å². The fourth-order valence-corrected chi connectivity index (χ4v) is 4.65. The average Bonchev–Trinajstić information content (AvgIpc) is 2.81. The molecule has 0 bridgehead atoms. The SMILES string of the molecule is Cc1c(S(=O)(=O)c2ccc(Cl)cc2)csc1C(=O)NN. The maximum absolute atomic E-state index is 12.5. The number of amides is 1. The predicted octanol–water partition coefficient (Wildman–Crippen LogP) is 2.15. The van der Waals surface area contributed by atoms with Gasteiger partial charge in [-0.25, -0.2) is 14.3 Å². The van der Waals surface area contributed by atoms with Crippen molar-refractivity contribution in [1.29, 1.82) is 0 Å². The summed E-state index contributed by atoms with van der Waals surface area (Å²) in [6.07, 6.45) is 0. The number of nitrogen functional groups attached to an aromatic ring is 1. The smallest absolute Gasteiger partial charge is 0.275 e. The van der Waals surface area contributed by atoms with Crippen molar-refractivity contribution in [3.05, 3.63) is 45.1 Å². The summed E-state index contributed by atoms with van der Waals surface area (Å²) in [5, 5.41) is 1.89. The van der Waals surface area contributed by atoms with Crippen LogP contribution < -0.4 is 11.3 Å². The van der Waals surface area contributed by atoms with E-state index in [1.807, 2.05) is 5.43 Å². The molecule has 1 aromatic heterocycles. The van der Waals surface area contributed by atoms with E-state index in [9.17, 15) is 13.2 Å². The van der Waals surface area contributed by atoms with Crippen molar-refractivity contribution in [1.82, 2.24) is 5.43 Å². The molecule has 0 unspecified atom stereocenters. The van der Waals surface area contributed by atoms with E-state index >= 15 is 0 Å². The standard InChI is InChI=1S/C12H11ClN2O3S2/c1-7-10(6-19-11(7)12(16)15-14)20(17,18)9-4-2-8(13)3-5-9/h2-6H,14H2,1H3,(H,15,16). The fourth-order valence-electron chi connectivity index (χ4n) is 1.70. The largest absolute Gasteiger partial charge is 0.289 e. The fraction of sp³-hybridized carbons (Fsp3) is 0.0833. The summed E-state index contributed by atoms with van der Waals surface area (Å²) in [5.41, 5.74) is 2.38. The Balaban J connectivity index is 2.53. The highest BCUT2D eigenvalue weighted by atomic mass is 35.5. The quantitative estimate of drug-likeness (QED) is 0.512. The van der Waals surface area contributed by atoms with Gasteiger partial charge < -0.3 is 0 Å². The van der Waals surface area contributed by atoms with Crippen LogP contribution in [0.3, 0.4) is 0 Å². The second-order valence-electron chi connectivity index (χ2n) is 3.98. The van der Waals surface area contributed by atoms with Crippen LogP contribution >= 0.6 is 22.9 Å². The maximum Gasteiger partial charge on any atom is 0.275 e. The minimum atomic E-state index is -3.68. The van der Waals surface area contributed by atoms with Gasteiger partial charge in [0, 0.05) is 10.4 Å². The summed E-state index contributed by atoms with van der Waals surface area (Å²) in [7, 11) is -3.68. The van der Waals surface area contributed by atoms with Gasteiger partial charge in [0.25, 0.3) is 5.91 Å². The average molecular weight is 331 g/mol. The van der Waals surface area contributed by atoms with Gasteiger partial charge in [0.15, 0.2) is 0 Å². The van der Waals surface area contributed by atoms with Gasteiger partial charge in [0.05, 0.1) is 14.7 Å². The molecule has 2 rings (SSSR count). The van der Waals surface area contributed by atoms with Crippen molar-refractivity contribution >= 4 is 38.7 Å². The molecule has 0 saturated heterocycles. The molecule has 1 aromatic carbocycles. The first kappa shape index (κ1) is 15.0. The summed E-state index contributed by atoms with van der Waals surface area (Å²) >= 11 is 6.78. The number of nitrogens with two attached hydrogens (primary N) is 1. The molecule has 3 N–H and O–H groups in total. The summed E-state index contributed by atoms with van der Waals surface area (Å²) in [6, 6.07) is 5.86. The van der Waals surface area contributed by atoms with Gasteiger partial charge >= 0.3 is 0 Å². The second kappa shape index (κ2) is 5.53. The zero-order valence-corrected chi connectivity index (χ0v) is 12.8. The highest BCUT2D eigenvalue weighted by Crippen LogP contribution is 2.30. The Morgan fingerprint density at radius 3 is 2.45 bits per heavy atom. The Morgan fingerprint density at radius 1 is 1.30 bits per heavy atom. The number of halogens is 1. The van der Waals surface area contributed by atoms with Crippen molar-refractivity contribution in [2.24, 2.45) is 5.84 Å². The normalized spacial score (nSPS) is 11.3. The zero-order valence-electron chi connectivity index (χ0n) is 10.4. The van der Waals surface area contributed by atoms with Crippen LogP contribution in [0, 0.1) is 6.92 Å². The van der Waals surface area contributed by atoms with Gasteiger partial charge in [-0.1, -0.05) is 11.6 Å². The van der Waals surface area contributed by atoms with E-state index in [0.29, 0.717) is 10.6 Å². The molecular weight excluding hydrogens is 320 g/mol. The van der Waals surface area contributed by atoms with Crippen LogP contribution in [0.4, 0.5) is 0 Å². The predicted molar refractivity (Wildman–Crippen MR) is 77.6 cm³/mol. The monoisotopic (exact) mass is 330 g/mol. The van der Waals surface area contributed by atoms with Gasteiger partial charge in [0.2, 0.25) is 9.84 Å². The lowest BCUT2D eigenvalue weighted by atomic mass is 10.3. The number of carbonyl (C=O) groups excluding carboxylic acids is 1. The van der Waals surface area contributed by atoms with Crippen LogP contribution in [0.1, 0.15) is 15.2 Å².